The molecule has 24 heavy (non-hydrogen) atoms. The second kappa shape index (κ2) is 5.31. The highest BCUT2D eigenvalue weighted by Crippen LogP contribution is 2.74. The molecule has 0 spiro atoms. The molecule has 0 aromatic carbocycles. The number of esters is 2. The van der Waals surface area contributed by atoms with Crippen molar-refractivity contribution >= 4 is 35.5 Å². The van der Waals surface area contributed by atoms with Crippen LogP contribution in [0.2, 0.25) is 0 Å². The van der Waals surface area contributed by atoms with Gasteiger partial charge in [-0.3, -0.25) is 9.59 Å². The second-order valence-electron chi connectivity index (χ2n) is 7.01. The van der Waals surface area contributed by atoms with Crippen LogP contribution in [0.1, 0.15) is 0 Å². The predicted molar refractivity (Wildman–Crippen MR) is 95.7 cm³/mol. The van der Waals surface area contributed by atoms with Gasteiger partial charge in [0, 0.05) is 23.7 Å². The quantitative estimate of drug-likeness (QED) is 0.563. The molecule has 4 unspecified atom stereocenters. The van der Waals surface area contributed by atoms with Crippen LogP contribution in [0.4, 0.5) is 0 Å². The van der Waals surface area contributed by atoms with Gasteiger partial charge in [0.1, 0.15) is 9.49 Å². The molecule has 8 atom stereocenters. The Balaban J connectivity index is 1.87. The van der Waals surface area contributed by atoms with Crippen molar-refractivity contribution in [1.29, 1.82) is 0 Å². The van der Waals surface area contributed by atoms with Crippen LogP contribution in [0.25, 0.3) is 0 Å². The maximum absolute atomic E-state index is 12.8. The maximum atomic E-state index is 12.8. The van der Waals surface area contributed by atoms with Gasteiger partial charge in [0.05, 0.1) is 14.2 Å². The van der Waals surface area contributed by atoms with Gasteiger partial charge in [-0.05, 0) is 24.3 Å². The lowest BCUT2D eigenvalue weighted by Crippen LogP contribution is -2.49. The van der Waals surface area contributed by atoms with Crippen molar-refractivity contribution in [3.8, 4) is 0 Å². The molecule has 4 aliphatic carbocycles. The van der Waals surface area contributed by atoms with Crippen LogP contribution in [0, 0.1) is 35.5 Å². The fourth-order valence-corrected chi connectivity index (χ4v) is 8.66. The second-order valence-corrected chi connectivity index (χ2v) is 9.17. The molecule has 4 aliphatic rings. The summed E-state index contributed by atoms with van der Waals surface area (Å²) in [4.78, 5) is 25.6. The number of hydrogen-bond acceptors (Lipinski definition) is 6. The first kappa shape index (κ1) is 16.6. The minimum Gasteiger partial charge on any atom is -0.468 e. The Kier molecular flexibility index (Phi) is 3.67. The number of carbonyl (C=O) groups excluding carboxylic acids is 2. The summed E-state index contributed by atoms with van der Waals surface area (Å²) in [6.45, 7) is 0. The summed E-state index contributed by atoms with van der Waals surface area (Å²) in [5.41, 5.74) is 0. The van der Waals surface area contributed by atoms with E-state index in [4.69, 9.17) is 9.47 Å². The Morgan fingerprint density at radius 1 is 0.750 bits per heavy atom. The molecule has 0 aromatic heterocycles. The lowest BCUT2D eigenvalue weighted by molar-refractivity contribution is -0.145. The van der Waals surface area contributed by atoms with E-state index in [1.54, 1.807) is 23.5 Å². The number of hydrogen-bond donors (Lipinski definition) is 0. The molecule has 0 N–H and O–H groups in total. The monoisotopic (exact) mass is 366 g/mol. The van der Waals surface area contributed by atoms with E-state index in [1.807, 2.05) is 12.5 Å². The van der Waals surface area contributed by atoms with Gasteiger partial charge in [0.25, 0.3) is 0 Å². The van der Waals surface area contributed by atoms with E-state index in [0.717, 1.165) is 0 Å². The maximum Gasteiger partial charge on any atom is 0.323 e. The molecule has 130 valence electrons. The highest BCUT2D eigenvalue weighted by Gasteiger charge is 2.77. The van der Waals surface area contributed by atoms with E-state index >= 15 is 0 Å². The van der Waals surface area contributed by atoms with E-state index in [9.17, 15) is 9.59 Å². The third-order valence-electron chi connectivity index (χ3n) is 6.82. The molecule has 2 saturated carbocycles. The van der Waals surface area contributed by atoms with E-state index in [-0.39, 0.29) is 35.6 Å². The highest BCUT2D eigenvalue weighted by molar-refractivity contribution is 8.01. The van der Waals surface area contributed by atoms with Crippen molar-refractivity contribution in [2.75, 3.05) is 26.7 Å². The Bertz CT molecular complexity index is 571. The fraction of sp³-hybridized carbons (Fsp3) is 0.667. The first-order chi connectivity index (χ1) is 11.5. The number of allylic oxidation sites excluding steroid dienone is 4. The Morgan fingerprint density at radius 3 is 1.25 bits per heavy atom. The Hall–Kier alpha value is -0.880. The molecule has 0 amide bonds. The molecule has 2 fully saturated rings. The summed E-state index contributed by atoms with van der Waals surface area (Å²) in [6.07, 6.45) is 12.7. The smallest absolute Gasteiger partial charge is 0.323 e. The minimum absolute atomic E-state index is 0.117. The van der Waals surface area contributed by atoms with Crippen LogP contribution in [-0.2, 0) is 19.1 Å². The van der Waals surface area contributed by atoms with Gasteiger partial charge in [-0.25, -0.2) is 0 Å². The van der Waals surface area contributed by atoms with Crippen LogP contribution in [0.5, 0.6) is 0 Å². The number of methoxy groups -OCH3 is 2. The summed E-state index contributed by atoms with van der Waals surface area (Å²) >= 11 is 3.22. The predicted octanol–water partition coefficient (Wildman–Crippen LogP) is 2.40. The number of thioether (sulfide) groups is 2. The first-order valence-electron chi connectivity index (χ1n) is 8.18. The Labute approximate surface area is 150 Å². The van der Waals surface area contributed by atoms with Crippen molar-refractivity contribution in [1.82, 2.24) is 0 Å². The summed E-state index contributed by atoms with van der Waals surface area (Å²) in [5, 5.41) is 0. The number of rotatable bonds is 4. The van der Waals surface area contributed by atoms with Crippen LogP contribution in [0.3, 0.4) is 0 Å². The van der Waals surface area contributed by atoms with E-state index in [0.29, 0.717) is 11.8 Å². The van der Waals surface area contributed by atoms with Gasteiger partial charge in [-0.15, -0.1) is 23.5 Å². The third kappa shape index (κ3) is 1.52. The van der Waals surface area contributed by atoms with E-state index < -0.39 is 9.49 Å². The van der Waals surface area contributed by atoms with Gasteiger partial charge in [-0.1, -0.05) is 24.3 Å². The van der Waals surface area contributed by atoms with Crippen LogP contribution in [0.15, 0.2) is 24.3 Å². The lowest BCUT2D eigenvalue weighted by atomic mass is 9.82. The summed E-state index contributed by atoms with van der Waals surface area (Å²) in [7, 11) is 2.95. The van der Waals surface area contributed by atoms with Gasteiger partial charge in [0.15, 0.2) is 0 Å². The normalized spacial score (nSPS) is 49.5. The van der Waals surface area contributed by atoms with Crippen LogP contribution < -0.4 is 0 Å². The van der Waals surface area contributed by atoms with Crippen molar-refractivity contribution in [3.63, 3.8) is 0 Å². The van der Waals surface area contributed by atoms with Crippen molar-refractivity contribution in [2.45, 2.75) is 9.49 Å². The van der Waals surface area contributed by atoms with Crippen molar-refractivity contribution in [2.24, 2.45) is 35.5 Å². The molecule has 4 nitrogen and oxygen atoms in total. The van der Waals surface area contributed by atoms with Crippen molar-refractivity contribution < 1.29 is 19.1 Å². The molecule has 0 bridgehead atoms. The number of ether oxygens (including phenoxy) is 2. The minimum atomic E-state index is -0.568. The number of carbonyl (C=O) groups is 2. The molecule has 0 radical (unpaired) electrons. The van der Waals surface area contributed by atoms with Crippen LogP contribution in [-0.4, -0.2) is 48.2 Å². The van der Waals surface area contributed by atoms with Gasteiger partial charge >= 0.3 is 11.9 Å². The fourth-order valence-electron chi connectivity index (χ4n) is 6.13. The zero-order valence-corrected chi connectivity index (χ0v) is 15.9. The molecule has 0 aromatic rings. The molecule has 0 saturated heterocycles. The van der Waals surface area contributed by atoms with E-state index in [1.165, 1.54) is 14.2 Å². The molecular formula is C18H22O4S2. The van der Waals surface area contributed by atoms with E-state index in [2.05, 4.69) is 24.3 Å². The Morgan fingerprint density at radius 2 is 1.04 bits per heavy atom. The molecule has 0 aliphatic heterocycles. The van der Waals surface area contributed by atoms with Gasteiger partial charge < -0.3 is 9.47 Å². The summed E-state index contributed by atoms with van der Waals surface area (Å²) < 4.78 is 9.30. The highest BCUT2D eigenvalue weighted by atomic mass is 32.2. The van der Waals surface area contributed by atoms with Crippen molar-refractivity contribution in [3.05, 3.63) is 24.3 Å². The summed E-state index contributed by atoms with van der Waals surface area (Å²) in [6, 6.07) is 0. The SMILES string of the molecule is COC(=O)C1(SC)[C@@H]2C=C[C@H]3C2C2[C@@H]1C=C[C@@H]2C3(SC)C(=O)OC. The van der Waals surface area contributed by atoms with Crippen LogP contribution >= 0.6 is 23.5 Å². The van der Waals surface area contributed by atoms with Gasteiger partial charge in [0.2, 0.25) is 0 Å². The molecule has 6 heteroatoms. The van der Waals surface area contributed by atoms with Gasteiger partial charge in [-0.2, -0.15) is 0 Å². The average molecular weight is 367 g/mol. The zero-order chi connectivity index (χ0) is 17.3. The lowest BCUT2D eigenvalue weighted by Gasteiger charge is -2.37. The molecule has 0 heterocycles. The largest absolute Gasteiger partial charge is 0.468 e. The topological polar surface area (TPSA) is 52.6 Å². The molecular weight excluding hydrogens is 344 g/mol. The molecule has 4 rings (SSSR count). The third-order valence-corrected chi connectivity index (χ3v) is 9.59. The standard InChI is InChI=1S/C18H22O4S2/c1-21-15(19)17(23-3)9-5-7-11-13(9)14-10(17)6-8-12(14)18(11,24-4)16(20)22-2/h5-14H,1-4H3/t9-,10-,11-,12+,13?,14?,17?,18?/m0/s1. The average Bonchev–Trinajstić information content (AvgIpc) is 3.31. The first-order valence-corrected chi connectivity index (χ1v) is 10.6. The summed E-state index contributed by atoms with van der Waals surface area (Å²) in [5.74, 6) is 0.793. The zero-order valence-electron chi connectivity index (χ0n) is 14.2.